The summed E-state index contributed by atoms with van der Waals surface area (Å²) < 4.78 is 20.2. The van der Waals surface area contributed by atoms with Gasteiger partial charge in [0.2, 0.25) is 0 Å². The van der Waals surface area contributed by atoms with E-state index < -0.39 is 5.97 Å². The van der Waals surface area contributed by atoms with Crippen molar-refractivity contribution in [3.63, 3.8) is 0 Å². The molecule has 7 heteroatoms. The van der Waals surface area contributed by atoms with Crippen LogP contribution in [0.1, 0.15) is 21.7 Å². The maximum atomic E-state index is 13.8. The van der Waals surface area contributed by atoms with Crippen molar-refractivity contribution in [1.82, 2.24) is 14.6 Å². The fourth-order valence-electron chi connectivity index (χ4n) is 3.09. The molecule has 0 amide bonds. The zero-order valence-corrected chi connectivity index (χ0v) is 15.7. The number of methoxy groups -OCH3 is 1. The largest absolute Gasteiger partial charge is 0.464 e. The molecule has 4 rings (SSSR count). The molecule has 4 aromatic rings. The minimum absolute atomic E-state index is 0.229. The molecular formula is C21H15ClFN3O2. The topological polar surface area (TPSA) is 56.5 Å². The summed E-state index contributed by atoms with van der Waals surface area (Å²) in [5, 5.41) is 5.14. The van der Waals surface area contributed by atoms with E-state index in [1.165, 1.54) is 19.2 Å². The van der Waals surface area contributed by atoms with Gasteiger partial charge < -0.3 is 4.74 Å². The van der Waals surface area contributed by atoms with Gasteiger partial charge in [0, 0.05) is 29.4 Å². The first kappa shape index (κ1) is 18.1. The molecule has 0 aliphatic rings. The molecule has 0 N–H and O–H groups in total. The summed E-state index contributed by atoms with van der Waals surface area (Å²) in [5.41, 5.74) is 3.87. The van der Waals surface area contributed by atoms with Gasteiger partial charge in [0.25, 0.3) is 0 Å². The molecule has 0 atom stereocenters. The quantitative estimate of drug-likeness (QED) is 0.475. The van der Waals surface area contributed by atoms with Gasteiger partial charge in [-0.05, 0) is 36.4 Å². The number of nitrogens with zero attached hydrogens (tertiary/aromatic N) is 3. The van der Waals surface area contributed by atoms with Crippen molar-refractivity contribution < 1.29 is 13.9 Å². The smallest absolute Gasteiger partial charge is 0.356 e. The number of carbonyl (C=O) groups is 1. The van der Waals surface area contributed by atoms with Gasteiger partial charge in [-0.1, -0.05) is 29.8 Å². The molecule has 0 aliphatic heterocycles. The molecule has 140 valence electrons. The molecule has 0 spiro atoms. The Labute approximate surface area is 165 Å². The summed E-state index contributed by atoms with van der Waals surface area (Å²) in [5.74, 6) is -0.844. The zero-order chi connectivity index (χ0) is 19.7. The number of pyridine rings is 2. The average Bonchev–Trinajstić information content (AvgIpc) is 3.05. The van der Waals surface area contributed by atoms with Gasteiger partial charge in [0.15, 0.2) is 0 Å². The predicted molar refractivity (Wildman–Crippen MR) is 104 cm³/mol. The van der Waals surface area contributed by atoms with E-state index in [1.807, 2.05) is 12.1 Å². The number of carbonyl (C=O) groups excluding carboxylic acids is 1. The number of benzene rings is 1. The van der Waals surface area contributed by atoms with E-state index in [1.54, 1.807) is 41.0 Å². The molecule has 3 heterocycles. The average molecular weight is 396 g/mol. The molecule has 0 bridgehead atoms. The Balaban J connectivity index is 1.86. The fourth-order valence-corrected chi connectivity index (χ4v) is 3.25. The van der Waals surface area contributed by atoms with Crippen LogP contribution < -0.4 is 0 Å². The molecule has 28 heavy (non-hydrogen) atoms. The summed E-state index contributed by atoms with van der Waals surface area (Å²) in [6.07, 6.45) is 2.10. The Morgan fingerprint density at radius 3 is 2.79 bits per heavy atom. The van der Waals surface area contributed by atoms with Crippen LogP contribution in [0.15, 0.2) is 60.8 Å². The van der Waals surface area contributed by atoms with Crippen molar-refractivity contribution in [3.8, 4) is 11.3 Å². The Hall–Kier alpha value is -3.25. The van der Waals surface area contributed by atoms with Crippen LogP contribution in [0.2, 0.25) is 5.02 Å². The van der Waals surface area contributed by atoms with Gasteiger partial charge in [-0.15, -0.1) is 0 Å². The third-order valence-electron chi connectivity index (χ3n) is 4.35. The Bertz CT molecular complexity index is 1190. The van der Waals surface area contributed by atoms with Gasteiger partial charge in [-0.25, -0.2) is 18.7 Å². The van der Waals surface area contributed by atoms with Crippen LogP contribution in [0.25, 0.3) is 16.8 Å². The van der Waals surface area contributed by atoms with Gasteiger partial charge in [0.05, 0.1) is 23.3 Å². The number of ether oxygens (including phenoxy) is 1. The lowest BCUT2D eigenvalue weighted by molar-refractivity contribution is 0.0593. The normalized spacial score (nSPS) is 11.0. The second kappa shape index (κ2) is 7.40. The molecule has 3 aromatic heterocycles. The Morgan fingerprint density at radius 1 is 1.18 bits per heavy atom. The van der Waals surface area contributed by atoms with Crippen molar-refractivity contribution >= 4 is 23.1 Å². The number of halogens is 2. The molecule has 1 aromatic carbocycles. The predicted octanol–water partition coefficient (Wildman–Crippen LogP) is 4.57. The van der Waals surface area contributed by atoms with Crippen LogP contribution in [-0.2, 0) is 11.2 Å². The molecule has 5 nitrogen and oxygen atoms in total. The van der Waals surface area contributed by atoms with Crippen LogP contribution in [0, 0.1) is 5.82 Å². The van der Waals surface area contributed by atoms with Crippen LogP contribution in [0.5, 0.6) is 0 Å². The standard InChI is InChI=1S/C21H15ClFN3O2/c1-28-21(27)18-7-3-6-16(24-18)11-17-19-9-8-14(22)12-26(19)25-20(17)13-4-2-5-15(23)10-13/h2-10,12H,11H2,1H3. The van der Waals surface area contributed by atoms with E-state index in [4.69, 9.17) is 16.3 Å². The van der Waals surface area contributed by atoms with E-state index in [-0.39, 0.29) is 11.5 Å². The maximum Gasteiger partial charge on any atom is 0.356 e. The highest BCUT2D eigenvalue weighted by molar-refractivity contribution is 6.30. The van der Waals surface area contributed by atoms with Crippen LogP contribution >= 0.6 is 11.6 Å². The number of hydrogen-bond donors (Lipinski definition) is 0. The minimum atomic E-state index is -0.501. The van der Waals surface area contributed by atoms with E-state index >= 15 is 0 Å². The van der Waals surface area contributed by atoms with E-state index in [0.29, 0.717) is 28.4 Å². The molecule has 0 aliphatic carbocycles. The molecule has 0 unspecified atom stereocenters. The van der Waals surface area contributed by atoms with E-state index in [2.05, 4.69) is 10.1 Å². The zero-order valence-electron chi connectivity index (χ0n) is 14.9. The highest BCUT2D eigenvalue weighted by atomic mass is 35.5. The van der Waals surface area contributed by atoms with Gasteiger partial charge >= 0.3 is 5.97 Å². The highest BCUT2D eigenvalue weighted by Gasteiger charge is 2.17. The second-order valence-corrected chi connectivity index (χ2v) is 6.63. The van der Waals surface area contributed by atoms with E-state index in [0.717, 1.165) is 11.1 Å². The lowest BCUT2D eigenvalue weighted by Gasteiger charge is -2.06. The lowest BCUT2D eigenvalue weighted by atomic mass is 10.0. The molecule has 0 radical (unpaired) electrons. The van der Waals surface area contributed by atoms with Gasteiger partial charge in [0.1, 0.15) is 11.5 Å². The molecule has 0 saturated carbocycles. The fraction of sp³-hybridized carbons (Fsp3) is 0.0952. The summed E-state index contributed by atoms with van der Waals surface area (Å²) in [6.45, 7) is 0. The first-order chi connectivity index (χ1) is 13.5. The van der Waals surface area contributed by atoms with Crippen molar-refractivity contribution in [2.45, 2.75) is 6.42 Å². The van der Waals surface area contributed by atoms with Gasteiger partial charge in [-0.3, -0.25) is 0 Å². The number of aromatic nitrogens is 3. The summed E-state index contributed by atoms with van der Waals surface area (Å²) >= 11 is 6.10. The van der Waals surface area contributed by atoms with Crippen molar-refractivity contribution in [2.75, 3.05) is 7.11 Å². The number of hydrogen-bond acceptors (Lipinski definition) is 4. The summed E-state index contributed by atoms with van der Waals surface area (Å²) in [7, 11) is 1.31. The SMILES string of the molecule is COC(=O)c1cccc(Cc2c(-c3cccc(F)c3)nn3cc(Cl)ccc23)n1. The van der Waals surface area contributed by atoms with Crippen LogP contribution in [0.4, 0.5) is 4.39 Å². The van der Waals surface area contributed by atoms with Crippen molar-refractivity contribution in [3.05, 3.63) is 88.6 Å². The van der Waals surface area contributed by atoms with Crippen LogP contribution in [0.3, 0.4) is 0 Å². The Kier molecular flexibility index (Phi) is 4.79. The number of esters is 1. The van der Waals surface area contributed by atoms with Crippen LogP contribution in [-0.4, -0.2) is 27.7 Å². The highest BCUT2D eigenvalue weighted by Crippen LogP contribution is 2.29. The maximum absolute atomic E-state index is 13.8. The van der Waals surface area contributed by atoms with Gasteiger partial charge in [-0.2, -0.15) is 5.10 Å². The molecule has 0 fully saturated rings. The van der Waals surface area contributed by atoms with E-state index in [9.17, 15) is 9.18 Å². The monoisotopic (exact) mass is 395 g/mol. The summed E-state index contributed by atoms with van der Waals surface area (Å²) in [6, 6.07) is 15.1. The third-order valence-corrected chi connectivity index (χ3v) is 4.58. The summed E-state index contributed by atoms with van der Waals surface area (Å²) in [4.78, 5) is 16.2. The molecular weight excluding hydrogens is 381 g/mol. The number of fused-ring (bicyclic) bond motifs is 1. The van der Waals surface area contributed by atoms with Crippen molar-refractivity contribution in [2.24, 2.45) is 0 Å². The lowest BCUT2D eigenvalue weighted by Crippen LogP contribution is -2.06. The molecule has 0 saturated heterocycles. The number of rotatable bonds is 4. The third kappa shape index (κ3) is 3.46. The van der Waals surface area contributed by atoms with Crippen molar-refractivity contribution in [1.29, 1.82) is 0 Å². The second-order valence-electron chi connectivity index (χ2n) is 6.20. The minimum Gasteiger partial charge on any atom is -0.464 e. The first-order valence-electron chi connectivity index (χ1n) is 8.52. The Morgan fingerprint density at radius 2 is 2.00 bits per heavy atom. The first-order valence-corrected chi connectivity index (χ1v) is 8.90.